The summed E-state index contributed by atoms with van der Waals surface area (Å²) in [6, 6.07) is 0. The van der Waals surface area contributed by atoms with Crippen molar-refractivity contribution >= 4 is 6.16 Å². The molecule has 0 spiro atoms. The van der Waals surface area contributed by atoms with Gasteiger partial charge in [0.05, 0.1) is 5.09 Å². The van der Waals surface area contributed by atoms with E-state index in [1.165, 1.54) is 0 Å². The Hall–Kier alpha value is -0.0365. The van der Waals surface area contributed by atoms with Crippen molar-refractivity contribution in [1.29, 1.82) is 0 Å². The van der Waals surface area contributed by atoms with Crippen LogP contribution >= 0.6 is 0 Å². The molecule has 9 heteroatoms. The first kappa shape index (κ1) is 22.5. The first-order valence-electron chi connectivity index (χ1n) is 1.16. The third-order valence-corrected chi connectivity index (χ3v) is 0. The van der Waals surface area contributed by atoms with Crippen LogP contribution in [0.3, 0.4) is 0 Å². The summed E-state index contributed by atoms with van der Waals surface area (Å²) < 4.78 is 0. The average molecular weight is 204 g/mol. The molecule has 0 aromatic heterocycles. The Labute approximate surface area is 87.4 Å². The van der Waals surface area contributed by atoms with Crippen molar-refractivity contribution in [2.75, 3.05) is 0 Å². The summed E-state index contributed by atoms with van der Waals surface area (Å²) >= 11 is 0. The second-order valence-electron chi connectivity index (χ2n) is 0.474. The maximum atomic E-state index is 8.33. The third kappa shape index (κ3) is 290000. The van der Waals surface area contributed by atoms with Gasteiger partial charge in [-0.1, -0.05) is 0 Å². The molecule has 0 unspecified atom stereocenters. The molecule has 0 radical (unpaired) electrons. The zero-order valence-electron chi connectivity index (χ0n) is 4.71. The Morgan fingerprint density at radius 1 is 1.20 bits per heavy atom. The zero-order chi connectivity index (χ0) is 7.15. The number of nitrogens with zero attached hydrogens (tertiary/aromatic N) is 1. The van der Waals surface area contributed by atoms with Crippen LogP contribution in [0.25, 0.3) is 0 Å². The first-order valence-corrected chi connectivity index (χ1v) is 1.16. The monoisotopic (exact) mass is 203 g/mol. The minimum absolute atomic E-state index is 0. The summed E-state index contributed by atoms with van der Waals surface area (Å²) in [7, 11) is 0. The van der Waals surface area contributed by atoms with E-state index in [4.69, 9.17) is 30.3 Å². The van der Waals surface area contributed by atoms with Gasteiger partial charge in [-0.15, -0.1) is 0 Å². The Morgan fingerprint density at radius 3 is 1.20 bits per heavy atom. The maximum Gasteiger partial charge on any atom is 2.00 e. The molecule has 0 aromatic carbocycles. The van der Waals surface area contributed by atoms with Crippen LogP contribution in [-0.4, -0.2) is 11.2 Å². The largest absolute Gasteiger partial charge is 2.00 e. The number of rotatable bonds is 0. The molecule has 56 valence electrons. The summed E-state index contributed by atoms with van der Waals surface area (Å²) in [5.74, 6) is 0. The Balaban J connectivity index is -0.0000000300. The molecule has 0 saturated carbocycles. The van der Waals surface area contributed by atoms with E-state index in [0.29, 0.717) is 0 Å². The molecule has 7 nitrogen and oxygen atoms in total. The molecular weight excluding hydrogens is 204 g/mol. The molecule has 0 aliphatic heterocycles. The van der Waals surface area contributed by atoms with Crippen molar-refractivity contribution in [3.8, 4) is 0 Å². The summed E-state index contributed by atoms with van der Waals surface area (Å²) in [5.41, 5.74) is 0. The quantitative estimate of drug-likeness (QED) is 0.219. The minimum Gasteiger partial charge on any atom is -0.652 e. The zero-order valence-corrected chi connectivity index (χ0v) is 7.70. The van der Waals surface area contributed by atoms with E-state index < -0.39 is 11.2 Å². The van der Waals surface area contributed by atoms with Crippen molar-refractivity contribution in [2.24, 2.45) is 0 Å². The van der Waals surface area contributed by atoms with Crippen LogP contribution < -0.4 is 39.8 Å². The van der Waals surface area contributed by atoms with Gasteiger partial charge >= 0.3 is 46.0 Å². The first-order chi connectivity index (χ1) is 3.46. The maximum absolute atomic E-state index is 8.33. The van der Waals surface area contributed by atoms with Crippen molar-refractivity contribution in [2.45, 2.75) is 0 Å². The average Bonchev–Trinajstić information content (AvgIpc) is 1.25. The predicted molar refractivity (Wildman–Crippen MR) is 15.8 cm³/mol. The van der Waals surface area contributed by atoms with Gasteiger partial charge in [-0.3, -0.25) is 0 Å². The predicted octanol–water partition coefficient (Wildman–Crippen LogP) is -5.68. The number of carbonyl (C=O) groups is 1. The van der Waals surface area contributed by atoms with Crippen molar-refractivity contribution in [3.63, 3.8) is 0 Å². The summed E-state index contributed by atoms with van der Waals surface area (Å²) in [6.45, 7) is 0. The Kier molecular flexibility index (Phi) is 36.0. The van der Waals surface area contributed by atoms with Gasteiger partial charge in [-0.25, -0.2) is 0 Å². The van der Waals surface area contributed by atoms with E-state index in [9.17, 15) is 0 Å². The standard InChI is InChI=1S/CH2O3.NO3.Na.Ni/c2*2-1(3)4;;/h(H2,2,3,4);;;/q;-1;+1;+2/p-2. The summed E-state index contributed by atoms with van der Waals surface area (Å²) in [6.07, 6.45) is -2.33. The van der Waals surface area contributed by atoms with Crippen LogP contribution in [0.5, 0.6) is 0 Å². The van der Waals surface area contributed by atoms with E-state index in [2.05, 4.69) is 0 Å². The van der Waals surface area contributed by atoms with Crippen molar-refractivity contribution in [3.05, 3.63) is 15.3 Å². The van der Waals surface area contributed by atoms with Crippen molar-refractivity contribution in [1.82, 2.24) is 0 Å². The van der Waals surface area contributed by atoms with Gasteiger partial charge < -0.3 is 30.3 Å². The molecule has 10 heavy (non-hydrogen) atoms. The second-order valence-corrected chi connectivity index (χ2v) is 0.474. The number of carbonyl (C=O) groups excluding carboxylic acids is 1. The van der Waals surface area contributed by atoms with Crippen LogP contribution in [-0.2, 0) is 16.5 Å². The van der Waals surface area contributed by atoms with Gasteiger partial charge in [0, 0.05) is 0 Å². The van der Waals surface area contributed by atoms with Gasteiger partial charge in [0.1, 0.15) is 0 Å². The van der Waals surface area contributed by atoms with E-state index >= 15 is 0 Å². The Morgan fingerprint density at radius 2 is 1.20 bits per heavy atom. The van der Waals surface area contributed by atoms with Gasteiger partial charge in [0.25, 0.3) is 0 Å². The minimum atomic E-state index is -2.33. The molecule has 0 saturated heterocycles. The van der Waals surface area contributed by atoms with Gasteiger partial charge in [-0.05, 0) is 6.16 Å². The Bertz CT molecular complexity index is 75.7. The van der Waals surface area contributed by atoms with E-state index in [-0.39, 0.29) is 46.0 Å². The molecule has 0 aromatic rings. The van der Waals surface area contributed by atoms with Gasteiger partial charge in [-0.2, -0.15) is 0 Å². The molecule has 0 atom stereocenters. The number of hydrogen-bond acceptors (Lipinski definition) is 6. The molecule has 0 fully saturated rings. The third-order valence-electron chi connectivity index (χ3n) is 0. The summed E-state index contributed by atoms with van der Waals surface area (Å²) in [4.78, 5) is 16.6. The van der Waals surface area contributed by atoms with Crippen LogP contribution in [0.15, 0.2) is 0 Å². The van der Waals surface area contributed by atoms with E-state index in [0.717, 1.165) is 0 Å². The fourth-order valence-corrected chi connectivity index (χ4v) is 0. The van der Waals surface area contributed by atoms with Crippen LogP contribution in [0.4, 0.5) is 4.79 Å². The fourth-order valence-electron chi connectivity index (χ4n) is 0. The van der Waals surface area contributed by atoms with E-state index in [1.54, 1.807) is 0 Å². The number of hydrogen-bond donors (Lipinski definition) is 0. The molecule has 0 aliphatic rings. The second kappa shape index (κ2) is 16.0. The topological polar surface area (TPSA) is 129 Å². The normalized spacial score (nSPS) is 4.80. The molecule has 0 N–H and O–H groups in total. The summed E-state index contributed by atoms with van der Waals surface area (Å²) in [5, 5.41) is 31.4. The molecule has 0 amide bonds. The van der Waals surface area contributed by atoms with Gasteiger partial charge in [0.2, 0.25) is 0 Å². The molecule has 0 rings (SSSR count). The van der Waals surface area contributed by atoms with Crippen LogP contribution in [0, 0.1) is 15.3 Å². The molecule has 0 heterocycles. The van der Waals surface area contributed by atoms with Crippen LogP contribution in [0.2, 0.25) is 0 Å². The van der Waals surface area contributed by atoms with E-state index in [1.807, 2.05) is 0 Å². The van der Waals surface area contributed by atoms with Crippen molar-refractivity contribution < 1.29 is 66.1 Å². The number of carboxylic acid groups (broad SMARTS) is 2. The van der Waals surface area contributed by atoms with Gasteiger partial charge in [0.15, 0.2) is 0 Å². The fraction of sp³-hybridized carbons (Fsp3) is 0. The molecule has 0 aliphatic carbocycles. The smallest absolute Gasteiger partial charge is 0.652 e. The molecule has 0 bridgehead atoms. The van der Waals surface area contributed by atoms with Crippen LogP contribution in [0.1, 0.15) is 0 Å². The molecular formula is CNNaNiO6. The SMILES string of the molecule is O=C([O-])[O-].O=[N+]([O-])[O-].[Na+].[Ni+2].